The maximum Gasteiger partial charge on any atom is 0.244 e. The largest absolute Gasteiger partial charge is 0.379 e. The molecule has 7 nitrogen and oxygen atoms in total. The first kappa shape index (κ1) is 23.1. The SMILES string of the molecule is O=C(CS(=O)(=O)c1ccccc1)N(CCCN1CCOCC1)c1nc2c(Cl)cccc2s1. The number of nitrogens with zero attached hydrogens (tertiary/aromatic N) is 3. The van der Waals surface area contributed by atoms with E-state index in [1.165, 1.54) is 28.4 Å². The number of carbonyl (C=O) groups excluding carboxylic acids is 1. The van der Waals surface area contributed by atoms with Gasteiger partial charge in [-0.2, -0.15) is 0 Å². The van der Waals surface area contributed by atoms with Gasteiger partial charge in [-0.3, -0.25) is 14.6 Å². The summed E-state index contributed by atoms with van der Waals surface area (Å²) in [6, 6.07) is 13.5. The summed E-state index contributed by atoms with van der Waals surface area (Å²) >= 11 is 7.61. The summed E-state index contributed by atoms with van der Waals surface area (Å²) in [7, 11) is -3.76. The minimum absolute atomic E-state index is 0.133. The summed E-state index contributed by atoms with van der Waals surface area (Å²) in [4.78, 5) is 21.7. The molecule has 0 bridgehead atoms. The lowest BCUT2D eigenvalue weighted by Gasteiger charge is -2.27. The van der Waals surface area contributed by atoms with Gasteiger partial charge in [0, 0.05) is 26.2 Å². The minimum atomic E-state index is -3.76. The summed E-state index contributed by atoms with van der Waals surface area (Å²) in [5.74, 6) is -1.11. The summed E-state index contributed by atoms with van der Waals surface area (Å²) in [5, 5.41) is 0.964. The molecule has 1 aromatic heterocycles. The number of benzene rings is 2. The van der Waals surface area contributed by atoms with E-state index in [4.69, 9.17) is 16.3 Å². The Morgan fingerprint density at radius 2 is 1.88 bits per heavy atom. The summed E-state index contributed by atoms with van der Waals surface area (Å²) in [5.41, 5.74) is 0.617. The van der Waals surface area contributed by atoms with E-state index in [9.17, 15) is 13.2 Å². The maximum atomic E-state index is 13.2. The zero-order valence-corrected chi connectivity index (χ0v) is 19.8. The van der Waals surface area contributed by atoms with Gasteiger partial charge in [0.2, 0.25) is 5.91 Å². The van der Waals surface area contributed by atoms with Gasteiger partial charge < -0.3 is 4.74 Å². The van der Waals surface area contributed by atoms with E-state index >= 15 is 0 Å². The Bertz CT molecular complexity index is 1180. The number of morpholine rings is 1. The Balaban J connectivity index is 1.55. The molecule has 0 N–H and O–H groups in total. The fourth-order valence-electron chi connectivity index (χ4n) is 3.57. The van der Waals surface area contributed by atoms with Crippen molar-refractivity contribution in [2.24, 2.45) is 0 Å². The Morgan fingerprint density at radius 1 is 1.12 bits per heavy atom. The first-order valence-corrected chi connectivity index (χ1v) is 13.2. The van der Waals surface area contributed by atoms with Gasteiger partial charge in [0.15, 0.2) is 15.0 Å². The molecule has 0 aliphatic carbocycles. The lowest BCUT2D eigenvalue weighted by Crippen LogP contribution is -2.40. The Kier molecular flexibility index (Phi) is 7.42. The van der Waals surface area contributed by atoms with Gasteiger partial charge in [-0.15, -0.1) is 0 Å². The standard InChI is InChI=1S/C22H24ClN3O4S2/c23-18-8-4-9-19-21(18)24-22(31-19)26(11-5-10-25-12-14-30-15-13-25)20(27)16-32(28,29)17-6-2-1-3-7-17/h1-4,6-9H,5,10-16H2. The molecule has 1 amide bonds. The van der Waals surface area contributed by atoms with Crippen molar-refractivity contribution in [2.75, 3.05) is 50.0 Å². The van der Waals surface area contributed by atoms with Crippen molar-refractivity contribution in [1.82, 2.24) is 9.88 Å². The zero-order chi connectivity index (χ0) is 22.6. The predicted molar refractivity (Wildman–Crippen MR) is 127 cm³/mol. The number of hydrogen-bond donors (Lipinski definition) is 0. The molecule has 0 spiro atoms. The second-order valence-corrected chi connectivity index (χ2v) is 10.9. The molecule has 2 heterocycles. The van der Waals surface area contributed by atoms with Crippen LogP contribution in [0.5, 0.6) is 0 Å². The third-order valence-corrected chi connectivity index (χ3v) is 8.23. The van der Waals surface area contributed by atoms with Crippen molar-refractivity contribution in [2.45, 2.75) is 11.3 Å². The molecule has 4 rings (SSSR count). The third-order valence-electron chi connectivity index (χ3n) is 5.27. The van der Waals surface area contributed by atoms with Crippen LogP contribution in [-0.2, 0) is 19.4 Å². The minimum Gasteiger partial charge on any atom is -0.379 e. The molecule has 0 unspecified atom stereocenters. The van der Waals surface area contributed by atoms with Crippen LogP contribution >= 0.6 is 22.9 Å². The maximum absolute atomic E-state index is 13.2. The predicted octanol–water partition coefficient (Wildman–Crippen LogP) is 3.48. The van der Waals surface area contributed by atoms with E-state index in [0.717, 1.165) is 24.3 Å². The van der Waals surface area contributed by atoms with Crippen LogP contribution in [0.3, 0.4) is 0 Å². The Morgan fingerprint density at radius 3 is 2.59 bits per heavy atom. The van der Waals surface area contributed by atoms with Gasteiger partial charge >= 0.3 is 0 Å². The van der Waals surface area contributed by atoms with Crippen molar-refractivity contribution in [3.63, 3.8) is 0 Å². The van der Waals surface area contributed by atoms with E-state index < -0.39 is 21.5 Å². The van der Waals surface area contributed by atoms with Crippen LogP contribution in [0.2, 0.25) is 5.02 Å². The highest BCUT2D eigenvalue weighted by atomic mass is 35.5. The summed E-state index contributed by atoms with van der Waals surface area (Å²) < 4.78 is 31.9. The van der Waals surface area contributed by atoms with Crippen LogP contribution in [0.25, 0.3) is 10.2 Å². The van der Waals surface area contributed by atoms with Gasteiger partial charge in [0.1, 0.15) is 11.3 Å². The fourth-order valence-corrected chi connectivity index (χ4v) is 6.10. The number of rotatable bonds is 8. The lowest BCUT2D eigenvalue weighted by molar-refractivity contribution is -0.116. The van der Waals surface area contributed by atoms with Gasteiger partial charge in [0.05, 0.1) is 27.8 Å². The normalized spacial score (nSPS) is 15.2. The number of carbonyl (C=O) groups is 1. The van der Waals surface area contributed by atoms with Crippen LogP contribution in [0, 0.1) is 0 Å². The van der Waals surface area contributed by atoms with Crippen molar-refractivity contribution >= 4 is 54.0 Å². The van der Waals surface area contributed by atoms with Gasteiger partial charge in [-0.25, -0.2) is 13.4 Å². The van der Waals surface area contributed by atoms with Crippen molar-refractivity contribution in [1.29, 1.82) is 0 Å². The number of ether oxygens (including phenoxy) is 1. The second-order valence-electron chi connectivity index (χ2n) is 7.51. The van der Waals surface area contributed by atoms with E-state index in [-0.39, 0.29) is 4.90 Å². The van der Waals surface area contributed by atoms with Crippen LogP contribution < -0.4 is 4.90 Å². The highest BCUT2D eigenvalue weighted by molar-refractivity contribution is 7.92. The number of sulfone groups is 1. The quantitative estimate of drug-likeness (QED) is 0.478. The average molecular weight is 494 g/mol. The lowest BCUT2D eigenvalue weighted by atomic mass is 10.3. The molecule has 0 saturated carbocycles. The second kappa shape index (κ2) is 10.3. The van der Waals surface area contributed by atoms with E-state index in [2.05, 4.69) is 9.88 Å². The first-order valence-electron chi connectivity index (χ1n) is 10.4. The summed E-state index contributed by atoms with van der Waals surface area (Å²) in [6.07, 6.45) is 0.695. The number of hydrogen-bond acceptors (Lipinski definition) is 7. The van der Waals surface area contributed by atoms with Crippen molar-refractivity contribution < 1.29 is 17.9 Å². The van der Waals surface area contributed by atoms with Gasteiger partial charge in [-0.1, -0.05) is 47.2 Å². The number of para-hydroxylation sites is 1. The molecule has 10 heteroatoms. The van der Waals surface area contributed by atoms with Crippen LogP contribution in [-0.4, -0.2) is 69.4 Å². The first-order chi connectivity index (χ1) is 15.4. The molecule has 1 aliphatic heterocycles. The number of amides is 1. The molecule has 0 radical (unpaired) electrons. The van der Waals surface area contributed by atoms with Crippen molar-refractivity contribution in [3.8, 4) is 0 Å². The average Bonchev–Trinajstić information content (AvgIpc) is 3.23. The molecule has 1 saturated heterocycles. The highest BCUT2D eigenvalue weighted by Crippen LogP contribution is 2.33. The van der Waals surface area contributed by atoms with E-state index in [1.54, 1.807) is 24.3 Å². The molecule has 2 aromatic carbocycles. The third kappa shape index (κ3) is 5.47. The molecule has 3 aromatic rings. The molecule has 170 valence electrons. The number of thiazole rings is 1. The number of aromatic nitrogens is 1. The van der Waals surface area contributed by atoms with E-state index in [1.807, 2.05) is 12.1 Å². The smallest absolute Gasteiger partial charge is 0.244 e. The molecular weight excluding hydrogens is 470 g/mol. The summed E-state index contributed by atoms with van der Waals surface area (Å²) in [6.45, 7) is 4.28. The molecule has 0 atom stereocenters. The molecule has 32 heavy (non-hydrogen) atoms. The molecule has 1 fully saturated rings. The Hall–Kier alpha value is -2.04. The number of halogens is 1. The van der Waals surface area contributed by atoms with Gasteiger partial charge in [0.25, 0.3) is 0 Å². The van der Waals surface area contributed by atoms with E-state index in [0.29, 0.717) is 41.9 Å². The Labute approximate surface area is 196 Å². The van der Waals surface area contributed by atoms with Crippen molar-refractivity contribution in [3.05, 3.63) is 53.6 Å². The topological polar surface area (TPSA) is 79.8 Å². The molecule has 1 aliphatic rings. The molecular formula is C22H24ClN3O4S2. The van der Waals surface area contributed by atoms with Crippen LogP contribution in [0.4, 0.5) is 5.13 Å². The number of fused-ring (bicyclic) bond motifs is 1. The van der Waals surface area contributed by atoms with Crippen LogP contribution in [0.15, 0.2) is 53.4 Å². The van der Waals surface area contributed by atoms with Gasteiger partial charge in [-0.05, 0) is 30.7 Å². The monoisotopic (exact) mass is 493 g/mol. The van der Waals surface area contributed by atoms with Crippen LogP contribution in [0.1, 0.15) is 6.42 Å². The zero-order valence-electron chi connectivity index (χ0n) is 17.4. The number of anilines is 1. The highest BCUT2D eigenvalue weighted by Gasteiger charge is 2.27. The fraction of sp³-hybridized carbons (Fsp3) is 0.364.